The van der Waals surface area contributed by atoms with E-state index >= 15 is 0 Å². The molecule has 0 saturated carbocycles. The molecule has 146 valence electrons. The number of sulfonamides is 1. The average molecular weight is 494 g/mol. The van der Waals surface area contributed by atoms with Gasteiger partial charge in [-0.1, -0.05) is 18.6 Å². The molecule has 7 nitrogen and oxygen atoms in total. The number of piperidine rings is 1. The third-order valence-corrected chi connectivity index (χ3v) is 6.55. The van der Waals surface area contributed by atoms with Gasteiger partial charge in [0.15, 0.2) is 5.96 Å². The molecular formula is C17H27IN4O3S. The van der Waals surface area contributed by atoms with E-state index in [1.54, 1.807) is 16.4 Å². The van der Waals surface area contributed by atoms with Gasteiger partial charge in [-0.25, -0.2) is 13.4 Å². The first-order valence-electron chi connectivity index (χ1n) is 8.79. The lowest BCUT2D eigenvalue weighted by Gasteiger charge is -2.27. The van der Waals surface area contributed by atoms with Crippen molar-refractivity contribution >= 4 is 40.0 Å². The van der Waals surface area contributed by atoms with Gasteiger partial charge in [0.25, 0.3) is 0 Å². The molecule has 0 unspecified atom stereocenters. The largest absolute Gasteiger partial charge is 0.378 e. The fourth-order valence-electron chi connectivity index (χ4n) is 3.09. The fourth-order valence-corrected chi connectivity index (χ4v) is 4.60. The van der Waals surface area contributed by atoms with Crippen LogP contribution in [0.3, 0.4) is 0 Å². The number of nitrogens with zero attached hydrogens (tertiary/aromatic N) is 3. The maximum atomic E-state index is 12.6. The number of aliphatic imine (C=N–C) groups is 1. The Bertz CT molecular complexity index is 697. The second-order valence-corrected chi connectivity index (χ2v) is 8.32. The van der Waals surface area contributed by atoms with Crippen LogP contribution in [0.15, 0.2) is 34.2 Å². The Morgan fingerprint density at radius 1 is 1.04 bits per heavy atom. The summed E-state index contributed by atoms with van der Waals surface area (Å²) in [5, 5.41) is 0. The third kappa shape index (κ3) is 5.30. The minimum atomic E-state index is -3.38. The summed E-state index contributed by atoms with van der Waals surface area (Å²) in [5.41, 5.74) is 6.95. The lowest BCUT2D eigenvalue weighted by molar-refractivity contribution is 0.0674. The summed E-state index contributed by atoms with van der Waals surface area (Å²) in [6, 6.07) is 6.96. The van der Waals surface area contributed by atoms with Crippen molar-refractivity contribution in [3.05, 3.63) is 29.8 Å². The monoisotopic (exact) mass is 494 g/mol. The number of morpholine rings is 1. The summed E-state index contributed by atoms with van der Waals surface area (Å²) < 4.78 is 32.1. The van der Waals surface area contributed by atoms with Gasteiger partial charge in [-0.2, -0.15) is 4.31 Å². The van der Waals surface area contributed by atoms with Crippen molar-refractivity contribution in [3.63, 3.8) is 0 Å². The van der Waals surface area contributed by atoms with E-state index in [0.29, 0.717) is 43.7 Å². The first-order valence-corrected chi connectivity index (χ1v) is 10.2. The lowest BCUT2D eigenvalue weighted by Crippen LogP contribution is -2.44. The summed E-state index contributed by atoms with van der Waals surface area (Å²) in [6.07, 6.45) is 2.98. The number of hydrogen-bond acceptors (Lipinski definition) is 4. The molecule has 1 aromatic rings. The van der Waals surface area contributed by atoms with Crippen LogP contribution in [0.4, 0.5) is 0 Å². The zero-order chi connectivity index (χ0) is 17.7. The van der Waals surface area contributed by atoms with Crippen molar-refractivity contribution in [2.75, 3.05) is 39.4 Å². The molecule has 2 saturated heterocycles. The molecule has 0 amide bonds. The number of nitrogens with two attached hydrogens (primary N) is 1. The molecule has 2 fully saturated rings. The maximum absolute atomic E-state index is 12.6. The van der Waals surface area contributed by atoms with Crippen molar-refractivity contribution < 1.29 is 13.2 Å². The first-order chi connectivity index (χ1) is 12.1. The van der Waals surface area contributed by atoms with Gasteiger partial charge in [-0.05, 0) is 30.5 Å². The number of hydrogen-bond donors (Lipinski definition) is 1. The second-order valence-electron chi connectivity index (χ2n) is 6.38. The Hall–Kier alpha value is -0.910. The molecule has 3 rings (SSSR count). The molecule has 0 bridgehead atoms. The van der Waals surface area contributed by atoms with Crippen LogP contribution in [-0.4, -0.2) is 63.0 Å². The lowest BCUT2D eigenvalue weighted by atomic mass is 10.2. The Labute approximate surface area is 172 Å². The molecule has 2 aliphatic heterocycles. The zero-order valence-corrected chi connectivity index (χ0v) is 18.0. The van der Waals surface area contributed by atoms with Gasteiger partial charge >= 0.3 is 0 Å². The third-order valence-electron chi connectivity index (χ3n) is 4.63. The van der Waals surface area contributed by atoms with Crippen LogP contribution in [0.5, 0.6) is 0 Å². The van der Waals surface area contributed by atoms with Crippen LogP contribution < -0.4 is 5.73 Å². The van der Waals surface area contributed by atoms with Gasteiger partial charge in [0.1, 0.15) is 0 Å². The number of halogens is 1. The normalized spacial score (nSPS) is 19.8. The number of rotatable bonds is 4. The van der Waals surface area contributed by atoms with E-state index in [2.05, 4.69) is 4.99 Å². The number of guanidine groups is 1. The molecule has 9 heteroatoms. The molecular weight excluding hydrogens is 467 g/mol. The number of ether oxygens (including phenoxy) is 1. The highest BCUT2D eigenvalue weighted by Gasteiger charge is 2.25. The molecule has 1 aromatic carbocycles. The van der Waals surface area contributed by atoms with Gasteiger partial charge < -0.3 is 15.4 Å². The van der Waals surface area contributed by atoms with E-state index in [1.807, 2.05) is 17.0 Å². The summed E-state index contributed by atoms with van der Waals surface area (Å²) >= 11 is 0. The van der Waals surface area contributed by atoms with E-state index in [0.717, 1.165) is 37.9 Å². The summed E-state index contributed by atoms with van der Waals surface area (Å²) in [4.78, 5) is 6.75. The second kappa shape index (κ2) is 9.86. The molecule has 0 atom stereocenters. The molecule has 0 aliphatic carbocycles. The van der Waals surface area contributed by atoms with Crippen molar-refractivity contribution in [2.24, 2.45) is 10.7 Å². The van der Waals surface area contributed by atoms with Gasteiger partial charge in [-0.15, -0.1) is 24.0 Å². The van der Waals surface area contributed by atoms with Crippen LogP contribution in [0, 0.1) is 0 Å². The van der Waals surface area contributed by atoms with E-state index in [-0.39, 0.29) is 24.0 Å². The summed E-state index contributed by atoms with van der Waals surface area (Å²) in [6.45, 7) is 4.51. The van der Waals surface area contributed by atoms with E-state index < -0.39 is 10.0 Å². The van der Waals surface area contributed by atoms with Gasteiger partial charge in [-0.3, -0.25) is 0 Å². The summed E-state index contributed by atoms with van der Waals surface area (Å²) in [5.74, 6) is 0.508. The Balaban J connectivity index is 0.00000243. The standard InChI is InChI=1S/C17H26N4O3S.HI/c18-17(20-10-12-24-13-11-20)19-14-15-4-6-16(7-5-15)25(22,23)21-8-2-1-3-9-21;/h4-7H,1-3,8-14H2,(H2,18,19);1H. The quantitative estimate of drug-likeness (QED) is 0.391. The highest BCUT2D eigenvalue weighted by Crippen LogP contribution is 2.21. The van der Waals surface area contributed by atoms with Crippen LogP contribution in [0.2, 0.25) is 0 Å². The Morgan fingerprint density at radius 3 is 2.27 bits per heavy atom. The maximum Gasteiger partial charge on any atom is 0.243 e. The van der Waals surface area contributed by atoms with E-state index in [9.17, 15) is 8.42 Å². The fraction of sp³-hybridized carbons (Fsp3) is 0.588. The van der Waals surface area contributed by atoms with Crippen LogP contribution in [0.1, 0.15) is 24.8 Å². The molecule has 0 aromatic heterocycles. The Morgan fingerprint density at radius 2 is 1.65 bits per heavy atom. The average Bonchev–Trinajstić information content (AvgIpc) is 2.68. The minimum Gasteiger partial charge on any atom is -0.378 e. The zero-order valence-electron chi connectivity index (χ0n) is 14.8. The van der Waals surface area contributed by atoms with Crippen LogP contribution >= 0.6 is 24.0 Å². The molecule has 2 heterocycles. The molecule has 0 spiro atoms. The first kappa shape index (κ1) is 21.4. The van der Waals surface area contributed by atoms with Crippen molar-refractivity contribution in [2.45, 2.75) is 30.7 Å². The van der Waals surface area contributed by atoms with Crippen LogP contribution in [0.25, 0.3) is 0 Å². The minimum absolute atomic E-state index is 0. The predicted molar refractivity (Wildman–Crippen MR) is 112 cm³/mol. The topological polar surface area (TPSA) is 88.2 Å². The smallest absolute Gasteiger partial charge is 0.243 e. The highest BCUT2D eigenvalue weighted by atomic mass is 127. The molecule has 2 N–H and O–H groups in total. The Kier molecular flexibility index (Phi) is 8.11. The van der Waals surface area contributed by atoms with Gasteiger partial charge in [0.2, 0.25) is 10.0 Å². The highest BCUT2D eigenvalue weighted by molar-refractivity contribution is 14.0. The molecule has 0 radical (unpaired) electrons. The van der Waals surface area contributed by atoms with Gasteiger partial charge in [0.05, 0.1) is 24.7 Å². The SMILES string of the molecule is I.NC(=NCc1ccc(S(=O)(=O)N2CCCCC2)cc1)N1CCOCC1. The molecule has 26 heavy (non-hydrogen) atoms. The predicted octanol–water partition coefficient (Wildman–Crippen LogP) is 1.63. The van der Waals surface area contributed by atoms with Gasteiger partial charge in [0, 0.05) is 26.2 Å². The van der Waals surface area contributed by atoms with E-state index in [4.69, 9.17) is 10.5 Å². The van der Waals surface area contributed by atoms with Crippen molar-refractivity contribution in [1.29, 1.82) is 0 Å². The van der Waals surface area contributed by atoms with Crippen molar-refractivity contribution in [1.82, 2.24) is 9.21 Å². The summed E-state index contributed by atoms with van der Waals surface area (Å²) in [7, 11) is -3.38. The number of benzene rings is 1. The van der Waals surface area contributed by atoms with Crippen molar-refractivity contribution in [3.8, 4) is 0 Å². The van der Waals surface area contributed by atoms with E-state index in [1.165, 1.54) is 0 Å². The molecule has 2 aliphatic rings. The van der Waals surface area contributed by atoms with Crippen LogP contribution in [-0.2, 0) is 21.3 Å².